The van der Waals surface area contributed by atoms with Gasteiger partial charge in [0.1, 0.15) is 11.6 Å². The molecule has 2 heterocycles. The molecule has 3 aromatic rings. The molecule has 1 saturated heterocycles. The molecule has 0 saturated carbocycles. The molecule has 2 N–H and O–H groups in total. The molecule has 5 nitrogen and oxygen atoms in total. The number of hydrogen-bond acceptors (Lipinski definition) is 5. The van der Waals surface area contributed by atoms with Crippen LogP contribution < -0.4 is 5.32 Å². The number of aromatic hydroxyl groups is 1. The van der Waals surface area contributed by atoms with Gasteiger partial charge in [-0.15, -0.1) is 12.4 Å². The van der Waals surface area contributed by atoms with Crippen LogP contribution in [0.3, 0.4) is 0 Å². The number of phenolic OH excluding ortho intramolecular Hbond substituents is 1. The van der Waals surface area contributed by atoms with Crippen LogP contribution in [0.25, 0.3) is 21.2 Å². The third-order valence-corrected chi connectivity index (χ3v) is 6.17. The van der Waals surface area contributed by atoms with Gasteiger partial charge >= 0.3 is 0 Å². The zero-order chi connectivity index (χ0) is 20.0. The number of rotatable bonds is 2. The van der Waals surface area contributed by atoms with Gasteiger partial charge in [0.2, 0.25) is 0 Å². The summed E-state index contributed by atoms with van der Waals surface area (Å²) in [4.78, 5) is 15.2. The van der Waals surface area contributed by atoms with Crippen molar-refractivity contribution in [3.8, 4) is 16.9 Å². The third kappa shape index (κ3) is 4.05. The highest BCUT2D eigenvalue weighted by Crippen LogP contribution is 2.37. The summed E-state index contributed by atoms with van der Waals surface area (Å²) >= 11 is 7.44. The first-order valence-electron chi connectivity index (χ1n) is 8.96. The molecule has 1 fully saturated rings. The zero-order valence-corrected chi connectivity index (χ0v) is 18.2. The minimum atomic E-state index is -0.643. The summed E-state index contributed by atoms with van der Waals surface area (Å²) in [5, 5.41) is 13.8. The zero-order valence-electron chi connectivity index (χ0n) is 15.8. The Bertz CT molecular complexity index is 1050. The number of benzene rings is 2. The van der Waals surface area contributed by atoms with Gasteiger partial charge in [-0.05, 0) is 49.1 Å². The van der Waals surface area contributed by atoms with E-state index in [0.29, 0.717) is 17.7 Å². The van der Waals surface area contributed by atoms with Gasteiger partial charge in [-0.2, -0.15) is 4.37 Å². The Hall–Kier alpha value is -1.93. The monoisotopic (exact) mass is 455 g/mol. The maximum Gasteiger partial charge on any atom is 0.255 e. The number of nitrogens with one attached hydrogen (secondary N) is 1. The summed E-state index contributed by atoms with van der Waals surface area (Å²) in [5.41, 5.74) is 1.12. The minimum Gasteiger partial charge on any atom is -0.508 e. The second-order valence-corrected chi connectivity index (χ2v) is 8.38. The van der Waals surface area contributed by atoms with Crippen molar-refractivity contribution < 1.29 is 14.3 Å². The molecular formula is C20H20Cl2FN3O2S. The average Bonchev–Trinajstić information content (AvgIpc) is 3.10. The van der Waals surface area contributed by atoms with Crippen LogP contribution in [0.1, 0.15) is 24.2 Å². The predicted octanol–water partition coefficient (Wildman–Crippen LogP) is 4.71. The average molecular weight is 456 g/mol. The summed E-state index contributed by atoms with van der Waals surface area (Å²) in [6.07, 6.45) is 1.66. The van der Waals surface area contributed by atoms with E-state index in [4.69, 9.17) is 11.6 Å². The van der Waals surface area contributed by atoms with Crippen LogP contribution in [0.2, 0.25) is 5.02 Å². The number of aromatic nitrogens is 1. The van der Waals surface area contributed by atoms with Gasteiger partial charge in [0.05, 0.1) is 15.3 Å². The van der Waals surface area contributed by atoms with E-state index >= 15 is 0 Å². The lowest BCUT2D eigenvalue weighted by atomic mass is 9.99. The van der Waals surface area contributed by atoms with E-state index in [2.05, 4.69) is 9.69 Å². The molecule has 0 bridgehead atoms. The van der Waals surface area contributed by atoms with Crippen molar-refractivity contribution in [2.75, 3.05) is 13.1 Å². The maximum absolute atomic E-state index is 14.6. The predicted molar refractivity (Wildman–Crippen MR) is 117 cm³/mol. The first kappa shape index (κ1) is 21.8. The Kier molecular flexibility index (Phi) is 6.33. The van der Waals surface area contributed by atoms with E-state index in [1.54, 1.807) is 18.3 Å². The summed E-state index contributed by atoms with van der Waals surface area (Å²) in [7, 11) is 0. The second kappa shape index (κ2) is 8.44. The fourth-order valence-corrected chi connectivity index (χ4v) is 4.63. The Labute approximate surface area is 183 Å². The molecule has 1 aliphatic heterocycles. The first-order valence-corrected chi connectivity index (χ1v) is 10.1. The SMILES string of the molecule is C[C@@H]1CN(C(=O)c2cc(-c3c(F)cc(O)cc3Cl)cc3cnsc23)[C@@H](C)CN1.Cl. The second-order valence-electron chi connectivity index (χ2n) is 7.17. The highest BCUT2D eigenvalue weighted by Gasteiger charge is 2.29. The number of carbonyl (C=O) groups is 1. The third-order valence-electron chi connectivity index (χ3n) is 5.02. The lowest BCUT2D eigenvalue weighted by Crippen LogP contribution is -2.56. The molecule has 0 radical (unpaired) electrons. The smallest absolute Gasteiger partial charge is 0.255 e. The van der Waals surface area contributed by atoms with Gasteiger partial charge in [0, 0.05) is 48.4 Å². The number of fused-ring (bicyclic) bond motifs is 1. The molecule has 154 valence electrons. The van der Waals surface area contributed by atoms with Crippen molar-refractivity contribution in [3.05, 3.63) is 46.9 Å². The van der Waals surface area contributed by atoms with Gasteiger partial charge < -0.3 is 15.3 Å². The van der Waals surface area contributed by atoms with Crippen molar-refractivity contribution in [1.29, 1.82) is 0 Å². The Morgan fingerprint density at radius 3 is 2.83 bits per heavy atom. The molecule has 0 unspecified atom stereocenters. The van der Waals surface area contributed by atoms with E-state index < -0.39 is 5.82 Å². The number of phenols is 1. The van der Waals surface area contributed by atoms with Crippen LogP contribution in [-0.2, 0) is 0 Å². The number of halogens is 3. The van der Waals surface area contributed by atoms with Crippen LogP contribution in [0.4, 0.5) is 4.39 Å². The van der Waals surface area contributed by atoms with Crippen molar-refractivity contribution >= 4 is 51.5 Å². The van der Waals surface area contributed by atoms with Crippen molar-refractivity contribution in [3.63, 3.8) is 0 Å². The highest BCUT2D eigenvalue weighted by atomic mass is 35.5. The Morgan fingerprint density at radius 1 is 1.34 bits per heavy atom. The number of hydrogen-bond donors (Lipinski definition) is 2. The van der Waals surface area contributed by atoms with E-state index in [1.165, 1.54) is 17.6 Å². The largest absolute Gasteiger partial charge is 0.508 e. The molecule has 2 atom stereocenters. The summed E-state index contributed by atoms with van der Waals surface area (Å²) in [5.74, 6) is -0.994. The molecule has 1 amide bonds. The van der Waals surface area contributed by atoms with E-state index in [9.17, 15) is 14.3 Å². The standard InChI is InChI=1S/C20H19ClFN3O2S.ClH/c1-10-9-25(11(2)7-23-10)20(27)15-4-12(3-13-8-24-28-19(13)15)18-16(21)5-14(26)6-17(18)22;/h3-6,8,10-11,23,26H,7,9H2,1-2H3;1H/t10-,11+;/m1./s1. The van der Waals surface area contributed by atoms with Crippen molar-refractivity contribution in [2.24, 2.45) is 0 Å². The highest BCUT2D eigenvalue weighted by molar-refractivity contribution is 7.13. The van der Waals surface area contributed by atoms with Crippen LogP contribution in [0.15, 0.2) is 30.5 Å². The Morgan fingerprint density at radius 2 is 2.10 bits per heavy atom. The van der Waals surface area contributed by atoms with Gasteiger partial charge in [-0.1, -0.05) is 11.6 Å². The molecule has 0 aliphatic carbocycles. The normalized spacial score (nSPS) is 19.2. The fourth-order valence-electron chi connectivity index (χ4n) is 3.58. The van der Waals surface area contributed by atoms with Gasteiger partial charge in [0.25, 0.3) is 5.91 Å². The number of amides is 1. The first-order chi connectivity index (χ1) is 13.3. The van der Waals surface area contributed by atoms with Crippen LogP contribution in [0.5, 0.6) is 5.75 Å². The van der Waals surface area contributed by atoms with Gasteiger partial charge in [-0.3, -0.25) is 4.79 Å². The van der Waals surface area contributed by atoms with Crippen LogP contribution >= 0.6 is 35.5 Å². The molecule has 1 aromatic heterocycles. The number of nitrogens with zero attached hydrogens (tertiary/aromatic N) is 2. The lowest BCUT2D eigenvalue weighted by molar-refractivity contribution is 0.0618. The molecule has 29 heavy (non-hydrogen) atoms. The number of piperazine rings is 1. The summed E-state index contributed by atoms with van der Waals surface area (Å²) < 4.78 is 19.5. The van der Waals surface area contributed by atoms with Crippen LogP contribution in [-0.4, -0.2) is 45.5 Å². The molecular weight excluding hydrogens is 436 g/mol. The molecule has 0 spiro atoms. The van der Waals surface area contributed by atoms with Gasteiger partial charge in [-0.25, -0.2) is 4.39 Å². The maximum atomic E-state index is 14.6. The van der Waals surface area contributed by atoms with E-state index in [1.807, 2.05) is 18.7 Å². The Balaban J connectivity index is 0.00000240. The van der Waals surface area contributed by atoms with Crippen molar-refractivity contribution in [2.45, 2.75) is 25.9 Å². The number of carbonyl (C=O) groups excluding carboxylic acids is 1. The lowest BCUT2D eigenvalue weighted by Gasteiger charge is -2.37. The molecule has 2 aromatic carbocycles. The molecule has 1 aliphatic rings. The van der Waals surface area contributed by atoms with Crippen molar-refractivity contribution in [1.82, 2.24) is 14.6 Å². The molecule has 4 rings (SSSR count). The fraction of sp³-hybridized carbons (Fsp3) is 0.300. The summed E-state index contributed by atoms with van der Waals surface area (Å²) in [6, 6.07) is 5.98. The van der Waals surface area contributed by atoms with Crippen LogP contribution in [0, 0.1) is 5.82 Å². The van der Waals surface area contributed by atoms with E-state index in [0.717, 1.165) is 22.7 Å². The topological polar surface area (TPSA) is 65.5 Å². The van der Waals surface area contributed by atoms with E-state index in [-0.39, 0.29) is 46.7 Å². The minimum absolute atomic E-state index is 0. The van der Waals surface area contributed by atoms with Gasteiger partial charge in [0.15, 0.2) is 0 Å². The molecule has 9 heteroatoms. The summed E-state index contributed by atoms with van der Waals surface area (Å²) in [6.45, 7) is 5.35. The quantitative estimate of drug-likeness (QED) is 0.587.